The molecule has 3 N–H and O–H groups in total. The van der Waals surface area contributed by atoms with Crippen LogP contribution in [-0.4, -0.2) is 62.8 Å². The lowest BCUT2D eigenvalue weighted by Crippen LogP contribution is -2.52. The molecule has 3 atom stereocenters. The number of imide groups is 1. The van der Waals surface area contributed by atoms with Crippen LogP contribution < -0.4 is 16.0 Å². The van der Waals surface area contributed by atoms with E-state index in [2.05, 4.69) is 26.3 Å². The van der Waals surface area contributed by atoms with Gasteiger partial charge in [0.1, 0.15) is 6.04 Å². The van der Waals surface area contributed by atoms with Gasteiger partial charge in [-0.05, 0) is 23.6 Å². The van der Waals surface area contributed by atoms with Gasteiger partial charge in [-0.25, -0.2) is 4.68 Å². The van der Waals surface area contributed by atoms with Gasteiger partial charge in [-0.1, -0.05) is 17.3 Å². The molecule has 10 heteroatoms. The number of amides is 3. The average Bonchev–Trinajstić information content (AvgIpc) is 3.47. The number of piperidine rings is 1. The minimum absolute atomic E-state index is 0.149. The number of rotatable bonds is 5. The van der Waals surface area contributed by atoms with Crippen LogP contribution in [0, 0.1) is 0 Å². The van der Waals surface area contributed by atoms with E-state index in [0.29, 0.717) is 25.1 Å². The van der Waals surface area contributed by atoms with Crippen molar-refractivity contribution >= 4 is 17.7 Å². The molecule has 3 aliphatic rings. The third-order valence-electron chi connectivity index (χ3n) is 6.12. The zero-order chi connectivity index (χ0) is 20.7. The van der Waals surface area contributed by atoms with Crippen molar-refractivity contribution in [1.82, 2.24) is 35.8 Å². The number of hydrogen-bond donors (Lipinski definition) is 3. The predicted octanol–water partition coefficient (Wildman–Crippen LogP) is -0.658. The Morgan fingerprint density at radius 1 is 1.20 bits per heavy atom. The van der Waals surface area contributed by atoms with E-state index in [-0.39, 0.29) is 36.2 Å². The third-order valence-corrected chi connectivity index (χ3v) is 6.12. The Kier molecular flexibility index (Phi) is 4.80. The van der Waals surface area contributed by atoms with Crippen molar-refractivity contribution in [2.45, 2.75) is 44.1 Å². The Bertz CT molecular complexity index is 990. The van der Waals surface area contributed by atoms with Gasteiger partial charge in [0, 0.05) is 50.4 Å². The van der Waals surface area contributed by atoms with Gasteiger partial charge in [-0.2, -0.15) is 0 Å². The van der Waals surface area contributed by atoms with Crippen LogP contribution in [0.2, 0.25) is 0 Å². The van der Waals surface area contributed by atoms with E-state index < -0.39 is 6.04 Å². The molecule has 0 spiro atoms. The Morgan fingerprint density at radius 2 is 2.10 bits per heavy atom. The summed E-state index contributed by atoms with van der Waals surface area (Å²) in [4.78, 5) is 38.1. The highest BCUT2D eigenvalue weighted by Crippen LogP contribution is 2.28. The number of nitrogens with one attached hydrogen (secondary N) is 3. The molecule has 1 unspecified atom stereocenters. The maximum Gasteiger partial charge on any atom is 0.255 e. The normalized spacial score (nSPS) is 26.2. The molecule has 2 aromatic rings. The highest BCUT2D eigenvalue weighted by molar-refractivity contribution is 6.05. The first-order chi connectivity index (χ1) is 14.6. The average molecular weight is 409 g/mol. The van der Waals surface area contributed by atoms with Crippen LogP contribution in [0.5, 0.6) is 0 Å². The predicted molar refractivity (Wildman–Crippen MR) is 105 cm³/mol. The Balaban J connectivity index is 1.26. The molecule has 0 aliphatic carbocycles. The first-order valence-corrected chi connectivity index (χ1v) is 10.2. The summed E-state index contributed by atoms with van der Waals surface area (Å²) in [5.74, 6) is -0.814. The molecule has 30 heavy (non-hydrogen) atoms. The van der Waals surface area contributed by atoms with E-state index in [1.165, 1.54) is 0 Å². The van der Waals surface area contributed by atoms with E-state index in [1.807, 2.05) is 29.1 Å². The molecular formula is C20H23N7O3. The quantitative estimate of drug-likeness (QED) is 0.561. The number of benzene rings is 1. The molecule has 1 aromatic heterocycles. The summed E-state index contributed by atoms with van der Waals surface area (Å²) in [5, 5.41) is 17.3. The standard InChI is InChI=1S/C20H23N7O3/c28-18-4-3-16(19(29)24-18)26-11-13-2-1-12(7-14(13)20(26)30)8-22-15-9-21-10-17(15)27-6-5-23-25-27/h1-2,5-7,15-17,21-22H,3-4,8-11H2,(H,24,28,29)/t15-,16?,17+/m1/s1. The van der Waals surface area contributed by atoms with E-state index in [1.54, 1.807) is 11.1 Å². The number of nitrogens with zero attached hydrogens (tertiary/aromatic N) is 4. The fourth-order valence-electron chi connectivity index (χ4n) is 4.51. The molecule has 3 amide bonds. The summed E-state index contributed by atoms with van der Waals surface area (Å²) >= 11 is 0. The molecule has 4 heterocycles. The highest BCUT2D eigenvalue weighted by Gasteiger charge is 2.39. The Hall–Kier alpha value is -3.11. The van der Waals surface area contributed by atoms with Crippen LogP contribution >= 0.6 is 0 Å². The monoisotopic (exact) mass is 409 g/mol. The van der Waals surface area contributed by atoms with Crippen LogP contribution in [0.25, 0.3) is 0 Å². The van der Waals surface area contributed by atoms with Crippen molar-refractivity contribution in [3.63, 3.8) is 0 Å². The molecule has 2 fully saturated rings. The van der Waals surface area contributed by atoms with Gasteiger partial charge in [0.15, 0.2) is 0 Å². The summed E-state index contributed by atoms with van der Waals surface area (Å²) in [6.07, 6.45) is 4.17. The first kappa shape index (κ1) is 18.9. The minimum atomic E-state index is -0.586. The number of hydrogen-bond acceptors (Lipinski definition) is 7. The van der Waals surface area contributed by atoms with E-state index in [4.69, 9.17) is 0 Å². The van der Waals surface area contributed by atoms with Crippen molar-refractivity contribution in [3.8, 4) is 0 Å². The van der Waals surface area contributed by atoms with E-state index in [9.17, 15) is 14.4 Å². The second-order valence-electron chi connectivity index (χ2n) is 7.99. The van der Waals surface area contributed by atoms with E-state index in [0.717, 1.165) is 24.2 Å². The molecule has 0 saturated carbocycles. The van der Waals surface area contributed by atoms with Crippen molar-refractivity contribution in [3.05, 3.63) is 47.3 Å². The molecule has 0 bridgehead atoms. The van der Waals surface area contributed by atoms with E-state index >= 15 is 0 Å². The number of aromatic nitrogens is 3. The fraction of sp³-hybridized carbons (Fsp3) is 0.450. The summed E-state index contributed by atoms with van der Waals surface area (Å²) in [6, 6.07) is 5.68. The van der Waals surface area contributed by atoms with Crippen LogP contribution in [-0.2, 0) is 22.7 Å². The van der Waals surface area contributed by atoms with Gasteiger partial charge in [-0.15, -0.1) is 5.10 Å². The topological polar surface area (TPSA) is 121 Å². The van der Waals surface area contributed by atoms with Gasteiger partial charge in [0.05, 0.1) is 12.2 Å². The third kappa shape index (κ3) is 3.37. The fourth-order valence-corrected chi connectivity index (χ4v) is 4.51. The lowest BCUT2D eigenvalue weighted by atomic mass is 10.0. The Labute approximate surface area is 173 Å². The van der Waals surface area contributed by atoms with Gasteiger partial charge in [-0.3, -0.25) is 19.7 Å². The van der Waals surface area contributed by atoms with Crippen molar-refractivity contribution in [1.29, 1.82) is 0 Å². The molecule has 0 radical (unpaired) electrons. The maximum absolute atomic E-state index is 13.0. The molecule has 5 rings (SSSR count). The maximum atomic E-state index is 13.0. The van der Waals surface area contributed by atoms with Crippen molar-refractivity contribution in [2.24, 2.45) is 0 Å². The van der Waals surface area contributed by atoms with Gasteiger partial charge >= 0.3 is 0 Å². The summed E-state index contributed by atoms with van der Waals surface area (Å²) in [7, 11) is 0. The molecule has 10 nitrogen and oxygen atoms in total. The number of fused-ring (bicyclic) bond motifs is 1. The molecule has 156 valence electrons. The van der Waals surface area contributed by atoms with Gasteiger partial charge in [0.2, 0.25) is 11.8 Å². The SMILES string of the molecule is O=C1CCC(N2Cc3ccc(CN[C@@H]4CNC[C@@H]4n4ccnn4)cc3C2=O)C(=O)N1. The molecule has 3 aliphatic heterocycles. The highest BCUT2D eigenvalue weighted by atomic mass is 16.2. The zero-order valence-electron chi connectivity index (χ0n) is 16.4. The van der Waals surface area contributed by atoms with Crippen LogP contribution in [0.4, 0.5) is 0 Å². The first-order valence-electron chi connectivity index (χ1n) is 10.2. The molecule has 1 aromatic carbocycles. The second kappa shape index (κ2) is 7.62. The Morgan fingerprint density at radius 3 is 2.90 bits per heavy atom. The largest absolute Gasteiger partial charge is 0.322 e. The van der Waals surface area contributed by atoms with Crippen molar-refractivity contribution in [2.75, 3.05) is 13.1 Å². The summed E-state index contributed by atoms with van der Waals surface area (Å²) in [5.41, 5.74) is 2.56. The van der Waals surface area contributed by atoms with Gasteiger partial charge in [0.25, 0.3) is 5.91 Å². The summed E-state index contributed by atoms with van der Waals surface area (Å²) < 4.78 is 1.86. The van der Waals surface area contributed by atoms with Crippen LogP contribution in [0.3, 0.4) is 0 Å². The molecule has 2 saturated heterocycles. The number of carbonyl (C=O) groups excluding carboxylic acids is 3. The van der Waals surface area contributed by atoms with Crippen LogP contribution in [0.1, 0.15) is 40.4 Å². The second-order valence-corrected chi connectivity index (χ2v) is 7.99. The van der Waals surface area contributed by atoms with Gasteiger partial charge < -0.3 is 15.5 Å². The lowest BCUT2D eigenvalue weighted by Gasteiger charge is -2.29. The zero-order valence-corrected chi connectivity index (χ0v) is 16.4. The molecular weight excluding hydrogens is 386 g/mol. The smallest absolute Gasteiger partial charge is 0.255 e. The number of carbonyl (C=O) groups is 3. The minimum Gasteiger partial charge on any atom is -0.322 e. The van der Waals surface area contributed by atoms with Crippen molar-refractivity contribution < 1.29 is 14.4 Å². The lowest BCUT2D eigenvalue weighted by molar-refractivity contribution is -0.136. The van der Waals surface area contributed by atoms with Crippen LogP contribution in [0.15, 0.2) is 30.6 Å². The summed E-state index contributed by atoms with van der Waals surface area (Å²) in [6.45, 7) is 2.67.